The van der Waals surface area contributed by atoms with Crippen LogP contribution in [0.4, 0.5) is 0 Å². The topological polar surface area (TPSA) is 38.7 Å². The molecule has 0 N–H and O–H groups in total. The van der Waals surface area contributed by atoms with E-state index in [1.165, 1.54) is 0 Å². The van der Waals surface area contributed by atoms with Gasteiger partial charge in [0.25, 0.3) is 0 Å². The van der Waals surface area contributed by atoms with Crippen molar-refractivity contribution in [1.29, 1.82) is 0 Å². The van der Waals surface area contributed by atoms with E-state index in [0.717, 1.165) is 5.71 Å². The molecule has 1 aliphatic rings. The molecule has 0 aromatic rings. The predicted molar refractivity (Wildman–Crippen MR) is 47.0 cm³/mol. The molecule has 0 atom stereocenters. The summed E-state index contributed by atoms with van der Waals surface area (Å²) in [7, 11) is 0. The lowest BCUT2D eigenvalue weighted by Crippen LogP contribution is -2.25. The van der Waals surface area contributed by atoms with Crippen LogP contribution in [0.3, 0.4) is 0 Å². The van der Waals surface area contributed by atoms with E-state index in [1.807, 2.05) is 26.8 Å². The average molecular weight is 167 g/mol. The SMILES string of the molecule is CC(C)(C)OC(=O)CC1=NC=C1. The molecule has 0 aliphatic carbocycles. The van der Waals surface area contributed by atoms with Gasteiger partial charge in [0, 0.05) is 6.20 Å². The largest absolute Gasteiger partial charge is 0.460 e. The van der Waals surface area contributed by atoms with Crippen molar-refractivity contribution in [2.24, 2.45) is 4.99 Å². The molecule has 1 heterocycles. The number of ether oxygens (including phenoxy) is 1. The molecule has 3 nitrogen and oxygen atoms in total. The molecule has 0 spiro atoms. The fourth-order valence-electron chi connectivity index (χ4n) is 0.810. The summed E-state index contributed by atoms with van der Waals surface area (Å²) in [5.41, 5.74) is 0.398. The molecule has 0 saturated carbocycles. The molecule has 0 amide bonds. The summed E-state index contributed by atoms with van der Waals surface area (Å²) in [6.45, 7) is 5.55. The minimum Gasteiger partial charge on any atom is -0.460 e. The van der Waals surface area contributed by atoms with Crippen LogP contribution < -0.4 is 0 Å². The van der Waals surface area contributed by atoms with Crippen molar-refractivity contribution in [3.63, 3.8) is 0 Å². The molecule has 0 aromatic carbocycles. The fourth-order valence-corrected chi connectivity index (χ4v) is 0.810. The predicted octanol–water partition coefficient (Wildman–Crippen LogP) is 1.69. The van der Waals surface area contributed by atoms with Crippen molar-refractivity contribution in [3.05, 3.63) is 12.3 Å². The number of nitrogens with zero attached hydrogens (tertiary/aromatic N) is 1. The molecule has 0 unspecified atom stereocenters. The van der Waals surface area contributed by atoms with Crippen LogP contribution in [-0.4, -0.2) is 17.3 Å². The minimum absolute atomic E-state index is 0.217. The quantitative estimate of drug-likeness (QED) is 0.587. The third kappa shape index (κ3) is 2.86. The number of rotatable bonds is 2. The number of hydrogen-bond acceptors (Lipinski definition) is 3. The van der Waals surface area contributed by atoms with E-state index in [-0.39, 0.29) is 12.4 Å². The van der Waals surface area contributed by atoms with Crippen LogP contribution in [0, 0.1) is 0 Å². The van der Waals surface area contributed by atoms with Crippen LogP contribution in [0.1, 0.15) is 27.2 Å². The summed E-state index contributed by atoms with van der Waals surface area (Å²) in [5, 5.41) is 0. The van der Waals surface area contributed by atoms with Crippen LogP contribution in [-0.2, 0) is 9.53 Å². The molecule has 0 bridgehead atoms. The molecule has 1 aliphatic heterocycles. The zero-order valence-electron chi connectivity index (χ0n) is 7.63. The lowest BCUT2D eigenvalue weighted by molar-refractivity contribution is -0.153. The van der Waals surface area contributed by atoms with Crippen LogP contribution in [0.25, 0.3) is 0 Å². The maximum atomic E-state index is 11.1. The van der Waals surface area contributed by atoms with Gasteiger partial charge in [0.15, 0.2) is 0 Å². The molecule has 0 fully saturated rings. The second-order valence-corrected chi connectivity index (χ2v) is 3.70. The normalized spacial score (nSPS) is 15.1. The monoisotopic (exact) mass is 167 g/mol. The van der Waals surface area contributed by atoms with Crippen LogP contribution in [0.5, 0.6) is 0 Å². The van der Waals surface area contributed by atoms with E-state index in [0.29, 0.717) is 0 Å². The van der Waals surface area contributed by atoms with Gasteiger partial charge in [-0.3, -0.25) is 9.79 Å². The van der Waals surface area contributed by atoms with Crippen molar-refractivity contribution in [1.82, 2.24) is 0 Å². The van der Waals surface area contributed by atoms with Crippen LogP contribution in [0.2, 0.25) is 0 Å². The molecular formula is C9H13NO2. The first-order chi connectivity index (χ1) is 5.47. The van der Waals surface area contributed by atoms with Gasteiger partial charge in [-0.2, -0.15) is 0 Å². The summed E-state index contributed by atoms with van der Waals surface area (Å²) in [4.78, 5) is 15.0. The summed E-state index contributed by atoms with van der Waals surface area (Å²) in [6, 6.07) is 0. The molecule has 0 saturated heterocycles. The van der Waals surface area contributed by atoms with E-state index in [2.05, 4.69) is 4.99 Å². The summed E-state index contributed by atoms with van der Waals surface area (Å²) >= 11 is 0. The first kappa shape index (κ1) is 8.97. The maximum absolute atomic E-state index is 11.1. The average Bonchev–Trinajstić information content (AvgIpc) is 1.74. The first-order valence-corrected chi connectivity index (χ1v) is 3.92. The van der Waals surface area contributed by atoms with Gasteiger partial charge in [-0.1, -0.05) is 0 Å². The lowest BCUT2D eigenvalue weighted by Gasteiger charge is -2.19. The van der Waals surface area contributed by atoms with Gasteiger partial charge < -0.3 is 4.74 Å². The van der Waals surface area contributed by atoms with Gasteiger partial charge in [-0.25, -0.2) is 0 Å². The van der Waals surface area contributed by atoms with Crippen molar-refractivity contribution < 1.29 is 9.53 Å². The summed E-state index contributed by atoms with van der Waals surface area (Å²) in [6.07, 6.45) is 3.76. The second-order valence-electron chi connectivity index (χ2n) is 3.70. The Labute approximate surface area is 72.1 Å². The highest BCUT2D eigenvalue weighted by Gasteiger charge is 2.17. The molecule has 0 aromatic heterocycles. The standard InChI is InChI=1S/C9H13NO2/c1-9(2,3)12-8(11)6-7-4-5-10-7/h4-5H,6H2,1-3H3. The van der Waals surface area contributed by atoms with E-state index in [1.54, 1.807) is 6.20 Å². The number of carbonyl (C=O) groups excluding carboxylic acids is 1. The highest BCUT2D eigenvalue weighted by molar-refractivity contribution is 6.08. The number of hydrogen-bond donors (Lipinski definition) is 0. The molecule has 0 radical (unpaired) electrons. The van der Waals surface area contributed by atoms with E-state index >= 15 is 0 Å². The third-order valence-electron chi connectivity index (χ3n) is 1.25. The van der Waals surface area contributed by atoms with Gasteiger partial charge >= 0.3 is 5.97 Å². The lowest BCUT2D eigenvalue weighted by atomic mass is 10.2. The van der Waals surface area contributed by atoms with Crippen LogP contribution in [0.15, 0.2) is 17.3 Å². The Kier molecular flexibility index (Phi) is 2.31. The molecule has 3 heteroatoms. The number of allylic oxidation sites excluding steroid dienone is 1. The molecule has 66 valence electrons. The fraction of sp³-hybridized carbons (Fsp3) is 0.556. The Morgan fingerprint density at radius 3 is 2.50 bits per heavy atom. The molecule has 1 rings (SSSR count). The first-order valence-electron chi connectivity index (χ1n) is 3.92. The maximum Gasteiger partial charge on any atom is 0.312 e. The van der Waals surface area contributed by atoms with Crippen molar-refractivity contribution >= 4 is 11.7 Å². The van der Waals surface area contributed by atoms with E-state index in [9.17, 15) is 4.79 Å². The van der Waals surface area contributed by atoms with Crippen molar-refractivity contribution in [3.8, 4) is 0 Å². The Morgan fingerprint density at radius 2 is 2.17 bits per heavy atom. The van der Waals surface area contributed by atoms with E-state index < -0.39 is 5.60 Å². The highest BCUT2D eigenvalue weighted by Crippen LogP contribution is 2.10. The Balaban J connectivity index is 2.29. The van der Waals surface area contributed by atoms with Gasteiger partial charge in [0.2, 0.25) is 0 Å². The van der Waals surface area contributed by atoms with Gasteiger partial charge in [0.1, 0.15) is 5.60 Å². The number of carbonyl (C=O) groups is 1. The highest BCUT2D eigenvalue weighted by atomic mass is 16.6. The zero-order valence-corrected chi connectivity index (χ0v) is 7.63. The number of aliphatic imine (C=N–C) groups is 1. The molecular weight excluding hydrogens is 154 g/mol. The van der Waals surface area contributed by atoms with Crippen molar-refractivity contribution in [2.75, 3.05) is 0 Å². The summed E-state index contributed by atoms with van der Waals surface area (Å²) < 4.78 is 5.09. The Hall–Kier alpha value is -1.12. The van der Waals surface area contributed by atoms with Gasteiger partial charge in [-0.15, -0.1) is 0 Å². The minimum atomic E-state index is -0.398. The summed E-state index contributed by atoms with van der Waals surface area (Å²) in [5.74, 6) is -0.217. The third-order valence-corrected chi connectivity index (χ3v) is 1.25. The zero-order chi connectivity index (χ0) is 9.19. The number of esters is 1. The molecule has 12 heavy (non-hydrogen) atoms. The van der Waals surface area contributed by atoms with Crippen LogP contribution >= 0.6 is 0 Å². The van der Waals surface area contributed by atoms with E-state index in [4.69, 9.17) is 4.74 Å². The smallest absolute Gasteiger partial charge is 0.312 e. The Bertz CT molecular complexity index is 246. The van der Waals surface area contributed by atoms with Gasteiger partial charge in [0.05, 0.1) is 12.1 Å². The second kappa shape index (κ2) is 3.09. The Morgan fingerprint density at radius 1 is 1.58 bits per heavy atom. The van der Waals surface area contributed by atoms with Gasteiger partial charge in [-0.05, 0) is 26.8 Å². The van der Waals surface area contributed by atoms with Crippen molar-refractivity contribution in [2.45, 2.75) is 32.8 Å².